The number of likely N-dealkylation sites (N-methyl/N-ethyl adjacent to an activating group) is 2. The fraction of sp³-hybridized carbons (Fsp3) is 0.333. The largest absolute Gasteiger partial charge is 0.497 e. The Morgan fingerprint density at radius 1 is 1.27 bits per heavy atom. The number of hydrogen-bond acceptors (Lipinski definition) is 4. The summed E-state index contributed by atoms with van der Waals surface area (Å²) in [5.41, 5.74) is 1.25. The van der Waals surface area contributed by atoms with Crippen molar-refractivity contribution in [2.24, 2.45) is 0 Å². The number of carbonyl (C=O) groups is 1. The van der Waals surface area contributed by atoms with Crippen LogP contribution in [0.3, 0.4) is 0 Å². The minimum atomic E-state index is -0.0713. The van der Waals surface area contributed by atoms with Crippen molar-refractivity contribution in [2.75, 3.05) is 34.3 Å². The van der Waals surface area contributed by atoms with Gasteiger partial charge in [0.2, 0.25) is 0 Å². The Morgan fingerprint density at radius 2 is 2.00 bits per heavy atom. The molecule has 0 saturated carbocycles. The van der Waals surface area contributed by atoms with Crippen LogP contribution in [0.15, 0.2) is 30.3 Å². The Morgan fingerprint density at radius 3 is 2.64 bits per heavy atom. The zero-order chi connectivity index (χ0) is 14.5. The number of rotatable bonds is 5. The van der Waals surface area contributed by atoms with Crippen LogP contribution in [0, 0.1) is 0 Å². The van der Waals surface area contributed by atoms with Crippen molar-refractivity contribution in [3.05, 3.63) is 36.0 Å². The fourth-order valence-corrected chi connectivity index (χ4v) is 1.93. The van der Waals surface area contributed by atoms with Gasteiger partial charge in [-0.1, -0.05) is 6.07 Å². The van der Waals surface area contributed by atoms with Crippen LogP contribution in [0.25, 0.3) is 10.9 Å². The summed E-state index contributed by atoms with van der Waals surface area (Å²) < 4.78 is 5.17. The molecule has 122 valence electrons. The smallest absolute Gasteiger partial charge is 0.272 e. The number of carbonyl (C=O) groups excluding carboxylic acids is 1. The van der Waals surface area contributed by atoms with Gasteiger partial charge in [0.25, 0.3) is 5.91 Å². The summed E-state index contributed by atoms with van der Waals surface area (Å²) in [5.74, 6) is 0.711. The van der Waals surface area contributed by atoms with E-state index in [0.29, 0.717) is 12.2 Å². The van der Waals surface area contributed by atoms with Crippen LogP contribution in [0.2, 0.25) is 0 Å². The lowest BCUT2D eigenvalue weighted by atomic mass is 10.2. The summed E-state index contributed by atoms with van der Waals surface area (Å²) in [4.78, 5) is 18.3. The molecule has 2 aromatic rings. The molecule has 5 nitrogen and oxygen atoms in total. The Hall–Kier alpha value is -1.56. The molecule has 0 aliphatic rings. The zero-order valence-electron chi connectivity index (χ0n) is 12.8. The van der Waals surface area contributed by atoms with E-state index in [2.05, 4.69) is 10.3 Å². The predicted octanol–water partition coefficient (Wildman–Crippen LogP) is 2.38. The maximum absolute atomic E-state index is 12.2. The number of amides is 1. The van der Waals surface area contributed by atoms with Crippen molar-refractivity contribution in [3.63, 3.8) is 0 Å². The van der Waals surface area contributed by atoms with E-state index >= 15 is 0 Å². The third-order valence-corrected chi connectivity index (χ3v) is 3.16. The highest BCUT2D eigenvalue weighted by atomic mass is 35.5. The molecule has 0 radical (unpaired) electrons. The maximum atomic E-state index is 12.2. The number of pyridine rings is 1. The highest BCUT2D eigenvalue weighted by Gasteiger charge is 2.13. The number of aromatic nitrogens is 1. The van der Waals surface area contributed by atoms with Crippen LogP contribution < -0.4 is 10.1 Å². The first-order valence-electron chi connectivity index (χ1n) is 6.50. The maximum Gasteiger partial charge on any atom is 0.272 e. The second-order valence-corrected chi connectivity index (χ2v) is 4.59. The molecule has 1 amide bonds. The number of nitrogens with zero attached hydrogens (tertiary/aromatic N) is 2. The minimum absolute atomic E-state index is 0. The van der Waals surface area contributed by atoms with Crippen LogP contribution in [0.4, 0.5) is 0 Å². The van der Waals surface area contributed by atoms with Crippen molar-refractivity contribution in [2.45, 2.75) is 0 Å². The van der Waals surface area contributed by atoms with Gasteiger partial charge >= 0.3 is 0 Å². The van der Waals surface area contributed by atoms with E-state index in [1.165, 1.54) is 0 Å². The second-order valence-electron chi connectivity index (χ2n) is 4.59. The minimum Gasteiger partial charge on any atom is -0.497 e. The third-order valence-electron chi connectivity index (χ3n) is 3.16. The molecule has 0 atom stereocenters. The first-order valence-corrected chi connectivity index (χ1v) is 6.50. The van der Waals surface area contributed by atoms with Gasteiger partial charge in [-0.3, -0.25) is 4.79 Å². The molecular formula is C15H21Cl2N3O2. The first kappa shape index (κ1) is 20.4. The van der Waals surface area contributed by atoms with Crippen molar-refractivity contribution in [1.82, 2.24) is 15.2 Å². The topological polar surface area (TPSA) is 54.5 Å². The molecule has 0 saturated heterocycles. The summed E-state index contributed by atoms with van der Waals surface area (Å²) in [7, 11) is 5.27. The number of halogens is 2. The summed E-state index contributed by atoms with van der Waals surface area (Å²) >= 11 is 0. The standard InChI is InChI=1S/C15H19N3O2.2ClH/c1-16-8-9-18(2)15(19)14-6-4-11-10-12(20-3)5-7-13(11)17-14;;/h4-7,10,16H,8-9H2,1-3H3;2*1H. The Bertz CT molecular complexity index is 623. The lowest BCUT2D eigenvalue weighted by Crippen LogP contribution is -2.33. The molecule has 2 rings (SSSR count). The number of nitrogens with one attached hydrogen (secondary N) is 1. The molecule has 0 unspecified atom stereocenters. The van der Waals surface area contributed by atoms with Crippen LogP contribution in [0.5, 0.6) is 5.75 Å². The Kier molecular flexibility index (Phi) is 8.79. The molecule has 0 bridgehead atoms. The Balaban J connectivity index is 0.00000220. The lowest BCUT2D eigenvalue weighted by Gasteiger charge is -2.16. The van der Waals surface area contributed by atoms with E-state index in [-0.39, 0.29) is 30.7 Å². The van der Waals surface area contributed by atoms with E-state index < -0.39 is 0 Å². The van der Waals surface area contributed by atoms with Gasteiger partial charge in [0, 0.05) is 25.5 Å². The monoisotopic (exact) mass is 345 g/mol. The van der Waals surface area contributed by atoms with Crippen molar-refractivity contribution in [3.8, 4) is 5.75 Å². The highest BCUT2D eigenvalue weighted by Crippen LogP contribution is 2.19. The second kappa shape index (κ2) is 9.46. The van der Waals surface area contributed by atoms with E-state index in [1.807, 2.05) is 31.3 Å². The molecule has 1 aromatic carbocycles. The summed E-state index contributed by atoms with van der Waals surface area (Å²) in [6, 6.07) is 9.25. The average Bonchev–Trinajstić information content (AvgIpc) is 2.50. The zero-order valence-corrected chi connectivity index (χ0v) is 14.5. The van der Waals surface area contributed by atoms with E-state index in [1.54, 1.807) is 25.1 Å². The van der Waals surface area contributed by atoms with Crippen molar-refractivity contribution < 1.29 is 9.53 Å². The number of ether oxygens (including phenoxy) is 1. The quantitative estimate of drug-likeness (QED) is 0.903. The lowest BCUT2D eigenvalue weighted by molar-refractivity contribution is 0.0791. The normalized spacial score (nSPS) is 9.59. The SMILES string of the molecule is CNCCN(C)C(=O)c1ccc2cc(OC)ccc2n1.Cl.Cl. The summed E-state index contributed by atoms with van der Waals surface area (Å²) in [6.45, 7) is 1.41. The molecule has 7 heteroatoms. The number of hydrogen-bond donors (Lipinski definition) is 1. The van der Waals surface area contributed by atoms with Gasteiger partial charge in [0.1, 0.15) is 11.4 Å². The summed E-state index contributed by atoms with van der Waals surface area (Å²) in [5, 5.41) is 3.98. The van der Waals surface area contributed by atoms with Crippen molar-refractivity contribution >= 4 is 41.6 Å². The van der Waals surface area contributed by atoms with Gasteiger partial charge < -0.3 is 15.0 Å². The van der Waals surface area contributed by atoms with Gasteiger partial charge in [0.05, 0.1) is 12.6 Å². The molecule has 22 heavy (non-hydrogen) atoms. The van der Waals surface area contributed by atoms with Crippen LogP contribution in [-0.2, 0) is 0 Å². The number of fused-ring (bicyclic) bond motifs is 1. The predicted molar refractivity (Wildman–Crippen MR) is 93.7 cm³/mol. The molecular weight excluding hydrogens is 325 g/mol. The molecule has 1 aromatic heterocycles. The van der Waals surface area contributed by atoms with Crippen molar-refractivity contribution in [1.29, 1.82) is 0 Å². The molecule has 1 N–H and O–H groups in total. The van der Waals surface area contributed by atoms with Crippen LogP contribution >= 0.6 is 24.8 Å². The summed E-state index contributed by atoms with van der Waals surface area (Å²) in [6.07, 6.45) is 0. The fourth-order valence-electron chi connectivity index (χ4n) is 1.93. The van der Waals surface area contributed by atoms with E-state index in [4.69, 9.17) is 4.74 Å². The van der Waals surface area contributed by atoms with Crippen LogP contribution in [0.1, 0.15) is 10.5 Å². The van der Waals surface area contributed by atoms with E-state index in [0.717, 1.165) is 23.2 Å². The number of benzene rings is 1. The van der Waals surface area contributed by atoms with E-state index in [9.17, 15) is 4.79 Å². The number of methoxy groups -OCH3 is 1. The van der Waals surface area contributed by atoms with Gasteiger partial charge in [-0.05, 0) is 31.3 Å². The average molecular weight is 346 g/mol. The third kappa shape index (κ3) is 4.73. The van der Waals surface area contributed by atoms with Gasteiger partial charge in [0.15, 0.2) is 0 Å². The van der Waals surface area contributed by atoms with Gasteiger partial charge in [-0.15, -0.1) is 24.8 Å². The van der Waals surface area contributed by atoms with Crippen LogP contribution in [-0.4, -0.2) is 50.1 Å². The molecule has 0 fully saturated rings. The molecule has 0 aliphatic carbocycles. The highest BCUT2D eigenvalue weighted by molar-refractivity contribution is 5.95. The molecule has 1 heterocycles. The first-order chi connectivity index (χ1) is 9.65. The van der Waals surface area contributed by atoms with Gasteiger partial charge in [-0.2, -0.15) is 0 Å². The Labute approximate surface area is 142 Å². The molecule has 0 aliphatic heterocycles. The van der Waals surface area contributed by atoms with Gasteiger partial charge in [-0.25, -0.2) is 4.98 Å². The molecule has 0 spiro atoms.